The summed E-state index contributed by atoms with van der Waals surface area (Å²) in [7, 11) is 0. The number of aliphatic hydroxyl groups excluding tert-OH is 1. The fourth-order valence-corrected chi connectivity index (χ4v) is 2.70. The lowest BCUT2D eigenvalue weighted by molar-refractivity contribution is -0.140. The second-order valence-electron chi connectivity index (χ2n) is 7.30. The number of aliphatic carboxylic acids is 3. The van der Waals surface area contributed by atoms with Crippen molar-refractivity contribution >= 4 is 39.7 Å². The van der Waals surface area contributed by atoms with Crippen molar-refractivity contribution in [1.29, 1.82) is 0 Å². The first-order valence-corrected chi connectivity index (χ1v) is 10.7. The van der Waals surface area contributed by atoms with Crippen molar-refractivity contribution in [3.8, 4) is 0 Å². The zero-order valence-electron chi connectivity index (χ0n) is 19.4. The Labute approximate surface area is 206 Å². The van der Waals surface area contributed by atoms with E-state index in [0.29, 0.717) is 6.42 Å². The van der Waals surface area contributed by atoms with Gasteiger partial charge in [0.1, 0.15) is 12.1 Å². The van der Waals surface area contributed by atoms with E-state index < -0.39 is 36.6 Å². The molecule has 2 aromatic carbocycles. The van der Waals surface area contributed by atoms with Gasteiger partial charge in [0.05, 0.1) is 13.2 Å². The number of hydrogen-bond donors (Lipinski definition) is 9. The number of rotatable bonds is 6. The molecule has 2 unspecified atom stereocenters. The number of aromatic nitrogens is 2. The van der Waals surface area contributed by atoms with Gasteiger partial charge in [0.25, 0.3) is 0 Å². The summed E-state index contributed by atoms with van der Waals surface area (Å²) in [5.41, 5.74) is 18.0. The van der Waals surface area contributed by atoms with E-state index in [1.807, 2.05) is 48.8 Å². The molecule has 194 valence electrons. The van der Waals surface area contributed by atoms with Crippen LogP contribution in [-0.4, -0.2) is 73.5 Å². The number of H-pyrrole nitrogens is 2. The van der Waals surface area contributed by atoms with Crippen molar-refractivity contribution in [2.45, 2.75) is 18.5 Å². The summed E-state index contributed by atoms with van der Waals surface area (Å²) in [5.74, 6) is -3.12. The van der Waals surface area contributed by atoms with E-state index >= 15 is 0 Å². The number of carboxylic acids is 3. The average Bonchev–Trinajstić information content (AvgIpc) is 3.52. The molecule has 0 saturated carbocycles. The van der Waals surface area contributed by atoms with Crippen LogP contribution in [0, 0.1) is 0 Å². The zero-order chi connectivity index (χ0) is 27.1. The van der Waals surface area contributed by atoms with E-state index in [2.05, 4.69) is 33.9 Å². The topological polar surface area (TPSA) is 242 Å². The minimum atomic E-state index is -1.18. The van der Waals surface area contributed by atoms with Crippen molar-refractivity contribution in [2.75, 3.05) is 13.2 Å². The van der Waals surface area contributed by atoms with Gasteiger partial charge in [-0.05, 0) is 29.1 Å². The molecule has 4 aromatic rings. The van der Waals surface area contributed by atoms with Crippen LogP contribution in [0.25, 0.3) is 21.8 Å². The molecular formula is C24H31N5O7. The minimum absolute atomic E-state index is 0.278. The Bertz CT molecular complexity index is 1210. The maximum absolute atomic E-state index is 10.6. The van der Waals surface area contributed by atoms with Crippen LogP contribution in [0.5, 0.6) is 0 Å². The predicted molar refractivity (Wildman–Crippen MR) is 135 cm³/mol. The molecule has 0 bridgehead atoms. The van der Waals surface area contributed by atoms with Crippen molar-refractivity contribution in [2.24, 2.45) is 17.2 Å². The van der Waals surface area contributed by atoms with Crippen LogP contribution in [0.1, 0.15) is 5.56 Å². The van der Waals surface area contributed by atoms with Gasteiger partial charge >= 0.3 is 17.9 Å². The predicted octanol–water partition coefficient (Wildman–Crippen LogP) is 0.711. The van der Waals surface area contributed by atoms with Crippen molar-refractivity contribution in [1.82, 2.24) is 9.97 Å². The first-order valence-electron chi connectivity index (χ1n) is 10.7. The molecule has 12 N–H and O–H groups in total. The number of benzene rings is 2. The monoisotopic (exact) mass is 501 g/mol. The highest BCUT2D eigenvalue weighted by Gasteiger charge is 2.14. The normalized spacial score (nSPS) is 11.6. The lowest BCUT2D eigenvalue weighted by Gasteiger charge is -2.04. The Balaban J connectivity index is 0.000000264. The Kier molecular flexibility index (Phi) is 12.9. The lowest BCUT2D eigenvalue weighted by atomic mass is 10.1. The standard InChI is InChI=1S/C11H12N2O2.C8H7N.C3H7NO3.C2H5NO2/c12-9(11(14)15)5-7-6-13-10-4-2-1-3-8(7)10;1-2-4-8-7(3-1)5-6-9-8;4-2(1-5)3(6)7;3-1-2(4)5/h1-4,6,9,13H,5,12H2,(H,14,15);1-6,9H;2,5H,1,4H2,(H,6,7);1,3H2,(H,4,5). The molecule has 0 amide bonds. The molecule has 2 aromatic heterocycles. The van der Waals surface area contributed by atoms with Crippen LogP contribution in [0.2, 0.25) is 0 Å². The van der Waals surface area contributed by atoms with Gasteiger partial charge in [-0.1, -0.05) is 36.4 Å². The van der Waals surface area contributed by atoms with Gasteiger partial charge in [-0.25, -0.2) is 0 Å². The van der Waals surface area contributed by atoms with E-state index in [4.69, 9.17) is 31.9 Å². The SMILES string of the molecule is NC(CO)C(=O)O.NC(Cc1c[nH]c2ccccc12)C(=O)O.NCC(=O)O.c1ccc2[nH]ccc2c1. The first-order chi connectivity index (χ1) is 17.1. The zero-order valence-corrected chi connectivity index (χ0v) is 19.4. The maximum Gasteiger partial charge on any atom is 0.322 e. The van der Waals surface area contributed by atoms with Gasteiger partial charge in [-0.2, -0.15) is 0 Å². The number of aliphatic hydroxyl groups is 1. The number of nitrogens with one attached hydrogen (secondary N) is 2. The number of hydrogen-bond acceptors (Lipinski definition) is 7. The van der Waals surface area contributed by atoms with E-state index in [1.54, 1.807) is 0 Å². The van der Waals surface area contributed by atoms with Gasteiger partial charge in [-0.15, -0.1) is 0 Å². The molecule has 2 atom stereocenters. The molecule has 0 saturated heterocycles. The van der Waals surface area contributed by atoms with Crippen LogP contribution in [0.4, 0.5) is 0 Å². The Hall–Kier alpha value is -4.23. The third-order valence-electron chi connectivity index (χ3n) is 4.58. The van der Waals surface area contributed by atoms with Crippen LogP contribution < -0.4 is 17.2 Å². The summed E-state index contributed by atoms with van der Waals surface area (Å²) in [5, 5.41) is 34.5. The molecule has 0 aliphatic rings. The Morgan fingerprint density at radius 2 is 1.36 bits per heavy atom. The molecule has 0 aliphatic carbocycles. The number of fused-ring (bicyclic) bond motifs is 2. The van der Waals surface area contributed by atoms with E-state index in [1.165, 1.54) is 10.9 Å². The molecule has 0 spiro atoms. The van der Waals surface area contributed by atoms with Gasteiger partial charge in [0, 0.05) is 35.2 Å². The number of nitrogens with two attached hydrogens (primary N) is 3. The lowest BCUT2D eigenvalue weighted by Crippen LogP contribution is -2.33. The smallest absolute Gasteiger partial charge is 0.322 e. The molecule has 0 radical (unpaired) electrons. The van der Waals surface area contributed by atoms with Gasteiger partial charge in [-0.3, -0.25) is 14.4 Å². The van der Waals surface area contributed by atoms with E-state index in [0.717, 1.165) is 16.5 Å². The van der Waals surface area contributed by atoms with Crippen LogP contribution in [0.3, 0.4) is 0 Å². The molecule has 4 rings (SSSR count). The molecule has 12 nitrogen and oxygen atoms in total. The number of carbonyl (C=O) groups is 3. The van der Waals surface area contributed by atoms with Crippen molar-refractivity contribution in [3.05, 3.63) is 72.6 Å². The third kappa shape index (κ3) is 10.4. The highest BCUT2D eigenvalue weighted by atomic mass is 16.4. The summed E-state index contributed by atoms with van der Waals surface area (Å²) in [4.78, 5) is 35.7. The van der Waals surface area contributed by atoms with Gasteiger partial charge in [0.15, 0.2) is 0 Å². The summed E-state index contributed by atoms with van der Waals surface area (Å²) in [6.45, 7) is -0.782. The second kappa shape index (κ2) is 15.6. The summed E-state index contributed by atoms with van der Waals surface area (Å²) in [6.07, 6.45) is 4.11. The van der Waals surface area contributed by atoms with Crippen molar-refractivity contribution < 1.29 is 34.8 Å². The highest BCUT2D eigenvalue weighted by molar-refractivity contribution is 5.84. The van der Waals surface area contributed by atoms with Crippen LogP contribution in [-0.2, 0) is 20.8 Å². The van der Waals surface area contributed by atoms with Crippen LogP contribution >= 0.6 is 0 Å². The summed E-state index contributed by atoms with van der Waals surface area (Å²) < 4.78 is 0. The fourth-order valence-electron chi connectivity index (χ4n) is 2.70. The number of para-hydroxylation sites is 2. The molecule has 2 heterocycles. The summed E-state index contributed by atoms with van der Waals surface area (Å²) in [6, 6.07) is 16.1. The number of carboxylic acid groups (broad SMARTS) is 3. The molecular weight excluding hydrogens is 470 g/mol. The minimum Gasteiger partial charge on any atom is -0.480 e. The molecule has 36 heavy (non-hydrogen) atoms. The maximum atomic E-state index is 10.6. The molecule has 0 fully saturated rings. The quantitative estimate of drug-likeness (QED) is 0.179. The van der Waals surface area contributed by atoms with Crippen molar-refractivity contribution in [3.63, 3.8) is 0 Å². The Morgan fingerprint density at radius 1 is 0.806 bits per heavy atom. The first kappa shape index (κ1) is 29.8. The van der Waals surface area contributed by atoms with Crippen LogP contribution in [0.15, 0.2) is 67.0 Å². The van der Waals surface area contributed by atoms with E-state index in [-0.39, 0.29) is 6.54 Å². The second-order valence-corrected chi connectivity index (χ2v) is 7.30. The van der Waals surface area contributed by atoms with E-state index in [9.17, 15) is 14.4 Å². The highest BCUT2D eigenvalue weighted by Crippen LogP contribution is 2.18. The fraction of sp³-hybridized carbons (Fsp3) is 0.208. The summed E-state index contributed by atoms with van der Waals surface area (Å²) >= 11 is 0. The number of aromatic amines is 2. The Morgan fingerprint density at radius 3 is 1.86 bits per heavy atom. The third-order valence-corrected chi connectivity index (χ3v) is 4.58. The molecule has 12 heteroatoms. The molecule has 0 aliphatic heterocycles. The largest absolute Gasteiger partial charge is 0.480 e. The average molecular weight is 502 g/mol. The van der Waals surface area contributed by atoms with Gasteiger partial charge < -0.3 is 47.6 Å². The van der Waals surface area contributed by atoms with Gasteiger partial charge in [0.2, 0.25) is 0 Å².